The summed E-state index contributed by atoms with van der Waals surface area (Å²) in [5, 5.41) is 9.38. The molecule has 0 saturated heterocycles. The molecule has 0 spiro atoms. The normalized spacial score (nSPS) is 20.2. The summed E-state index contributed by atoms with van der Waals surface area (Å²) in [6.45, 7) is 0.0852. The number of aromatic nitrogens is 3. The molecule has 2 saturated carbocycles. The van der Waals surface area contributed by atoms with Gasteiger partial charge in [0.05, 0.1) is 5.75 Å². The molecule has 2 aromatic rings. The van der Waals surface area contributed by atoms with Gasteiger partial charge in [0.25, 0.3) is 5.91 Å². The molecule has 152 valence electrons. The molecule has 2 N–H and O–H groups in total. The van der Waals surface area contributed by atoms with Gasteiger partial charge in [0.15, 0.2) is 16.7 Å². The second kappa shape index (κ2) is 7.58. The van der Waals surface area contributed by atoms with E-state index in [9.17, 15) is 9.59 Å². The number of nitrogens with one attached hydrogen (secondary N) is 2. The molecule has 3 aliphatic rings. The summed E-state index contributed by atoms with van der Waals surface area (Å²) < 4.78 is 13.3. The number of hydrogen-bond donors (Lipinski definition) is 2. The maximum absolute atomic E-state index is 12.3. The number of carbonyl (C=O) groups excluding carboxylic acids is 2. The second-order valence-corrected chi connectivity index (χ2v) is 8.35. The highest BCUT2D eigenvalue weighted by atomic mass is 32.2. The first-order valence-electron chi connectivity index (χ1n) is 9.74. The number of ether oxygens (including phenoxy) is 2. The summed E-state index contributed by atoms with van der Waals surface area (Å²) >= 11 is 1.34. The number of hydrogen-bond acceptors (Lipinski definition) is 7. The van der Waals surface area contributed by atoms with E-state index in [4.69, 9.17) is 9.47 Å². The van der Waals surface area contributed by atoms with Crippen molar-refractivity contribution in [3.05, 3.63) is 30.1 Å². The van der Waals surface area contributed by atoms with Gasteiger partial charge in [0.2, 0.25) is 12.0 Å². The van der Waals surface area contributed by atoms with Crippen molar-refractivity contribution in [2.24, 2.45) is 0 Å². The quantitative estimate of drug-likeness (QED) is 0.545. The van der Waals surface area contributed by atoms with Crippen LogP contribution in [-0.4, -0.2) is 45.0 Å². The van der Waals surface area contributed by atoms with E-state index in [0.717, 1.165) is 23.8 Å². The van der Waals surface area contributed by atoms with Crippen LogP contribution in [0.4, 0.5) is 0 Å². The van der Waals surface area contributed by atoms with Gasteiger partial charge in [-0.1, -0.05) is 23.9 Å². The molecule has 1 atom stereocenters. The molecule has 0 bridgehead atoms. The van der Waals surface area contributed by atoms with Crippen LogP contribution in [0.15, 0.2) is 29.4 Å². The number of rotatable bonds is 6. The summed E-state index contributed by atoms with van der Waals surface area (Å²) in [5.41, 5.74) is 4.83. The van der Waals surface area contributed by atoms with Crippen LogP contribution in [0.25, 0.3) is 0 Å². The average molecular weight is 415 g/mol. The van der Waals surface area contributed by atoms with Crippen molar-refractivity contribution in [3.63, 3.8) is 0 Å². The molecule has 2 aliphatic carbocycles. The topological polar surface area (TPSA) is 107 Å². The van der Waals surface area contributed by atoms with Crippen LogP contribution in [0.1, 0.15) is 43.5 Å². The number of benzene rings is 1. The Kier molecular flexibility index (Phi) is 4.78. The molecule has 29 heavy (non-hydrogen) atoms. The van der Waals surface area contributed by atoms with E-state index >= 15 is 0 Å². The van der Waals surface area contributed by atoms with E-state index < -0.39 is 12.0 Å². The van der Waals surface area contributed by atoms with Gasteiger partial charge in [-0.2, -0.15) is 0 Å². The lowest BCUT2D eigenvalue weighted by atomic mass is 10.2. The van der Waals surface area contributed by atoms with Crippen molar-refractivity contribution in [2.45, 2.75) is 48.9 Å². The Morgan fingerprint density at radius 1 is 1.10 bits per heavy atom. The molecule has 1 aliphatic heterocycles. The number of nitrogens with zero attached hydrogens (tertiary/aromatic N) is 3. The van der Waals surface area contributed by atoms with E-state index in [1.54, 1.807) is 18.2 Å². The maximum Gasteiger partial charge on any atom is 0.283 e. The predicted octanol–water partition coefficient (Wildman–Crippen LogP) is 1.57. The Morgan fingerprint density at radius 3 is 2.66 bits per heavy atom. The minimum atomic E-state index is -0.822. The third kappa shape index (κ3) is 4.02. The van der Waals surface area contributed by atoms with Crippen molar-refractivity contribution in [3.8, 4) is 11.5 Å². The smallest absolute Gasteiger partial charge is 0.283 e. The zero-order valence-corrected chi connectivity index (χ0v) is 16.5. The van der Waals surface area contributed by atoms with Crippen LogP contribution in [0.3, 0.4) is 0 Å². The van der Waals surface area contributed by atoms with Crippen LogP contribution < -0.4 is 20.3 Å². The van der Waals surface area contributed by atoms with Crippen molar-refractivity contribution in [2.75, 3.05) is 12.4 Å². The van der Waals surface area contributed by atoms with Gasteiger partial charge in [-0.3, -0.25) is 20.4 Å². The molecule has 10 heteroatoms. The summed E-state index contributed by atoms with van der Waals surface area (Å²) in [6.07, 6.45) is 3.79. The number of amides is 2. The first-order chi connectivity index (χ1) is 14.2. The summed E-state index contributed by atoms with van der Waals surface area (Å²) in [4.78, 5) is 24.4. The van der Waals surface area contributed by atoms with Gasteiger partial charge >= 0.3 is 0 Å². The lowest BCUT2D eigenvalue weighted by Crippen LogP contribution is -2.51. The molecule has 9 nitrogen and oxygen atoms in total. The van der Waals surface area contributed by atoms with Crippen molar-refractivity contribution >= 4 is 23.6 Å². The van der Waals surface area contributed by atoms with Crippen molar-refractivity contribution < 1.29 is 19.1 Å². The lowest BCUT2D eigenvalue weighted by molar-refractivity contribution is -0.134. The van der Waals surface area contributed by atoms with Gasteiger partial charge < -0.3 is 14.0 Å². The number of fused-ring (bicyclic) bond motifs is 1. The summed E-state index contributed by atoms with van der Waals surface area (Å²) in [5.74, 6) is 2.04. The monoisotopic (exact) mass is 415 g/mol. The van der Waals surface area contributed by atoms with Gasteiger partial charge in [0.1, 0.15) is 12.4 Å². The fraction of sp³-hybridized carbons (Fsp3) is 0.474. The zero-order chi connectivity index (χ0) is 19.8. The summed E-state index contributed by atoms with van der Waals surface area (Å²) in [7, 11) is 0. The highest BCUT2D eigenvalue weighted by Gasteiger charge is 2.36. The highest BCUT2D eigenvalue weighted by molar-refractivity contribution is 7.99. The molecular formula is C19H21N5O4S. The van der Waals surface area contributed by atoms with Crippen molar-refractivity contribution in [1.29, 1.82) is 0 Å². The minimum absolute atomic E-state index is 0.0852. The Morgan fingerprint density at radius 2 is 1.90 bits per heavy atom. The first-order valence-corrected chi connectivity index (χ1v) is 10.7. The van der Waals surface area contributed by atoms with Gasteiger partial charge in [-0.05, 0) is 37.8 Å². The Balaban J connectivity index is 1.11. The third-order valence-electron chi connectivity index (χ3n) is 5.00. The minimum Gasteiger partial charge on any atom is -0.485 e. The molecule has 2 fully saturated rings. The second-order valence-electron chi connectivity index (χ2n) is 7.41. The van der Waals surface area contributed by atoms with E-state index in [-0.39, 0.29) is 18.3 Å². The average Bonchev–Trinajstić information content (AvgIpc) is 3.68. The van der Waals surface area contributed by atoms with Crippen LogP contribution in [0.2, 0.25) is 0 Å². The Bertz CT molecular complexity index is 940. The van der Waals surface area contributed by atoms with Crippen LogP contribution in [0, 0.1) is 0 Å². The molecular weight excluding hydrogens is 394 g/mol. The molecule has 2 amide bonds. The predicted molar refractivity (Wildman–Crippen MR) is 104 cm³/mol. The van der Waals surface area contributed by atoms with Gasteiger partial charge in [0, 0.05) is 12.0 Å². The highest BCUT2D eigenvalue weighted by Crippen LogP contribution is 2.45. The standard InChI is InChI=1S/C19H21N5O4S/c25-16(10-29-19-23-21-17(11-5-6-11)24(19)12-7-8-12)20-22-18(26)15-9-27-13-3-1-2-4-14(13)28-15/h1-4,11-12,15H,5-10H2,(H,20,25)(H,22,26)/t15-/m0/s1. The fourth-order valence-electron chi connectivity index (χ4n) is 3.21. The molecule has 0 radical (unpaired) electrons. The number of carbonyl (C=O) groups is 2. The molecule has 2 heterocycles. The Hall–Kier alpha value is -2.75. The SMILES string of the molecule is O=C(CSc1nnc(C2CC2)n1C1CC1)NNC(=O)[C@@H]1COc2ccccc2O1. The lowest BCUT2D eigenvalue weighted by Gasteiger charge is -2.25. The third-order valence-corrected chi connectivity index (χ3v) is 5.95. The first kappa shape index (κ1) is 18.3. The van der Waals surface area contributed by atoms with Crippen LogP contribution >= 0.6 is 11.8 Å². The zero-order valence-electron chi connectivity index (χ0n) is 15.7. The van der Waals surface area contributed by atoms with E-state index in [1.807, 2.05) is 6.07 Å². The van der Waals surface area contributed by atoms with E-state index in [1.165, 1.54) is 24.6 Å². The fourth-order valence-corrected chi connectivity index (χ4v) is 4.02. The largest absolute Gasteiger partial charge is 0.485 e. The molecule has 1 aromatic carbocycles. The van der Waals surface area contributed by atoms with E-state index in [2.05, 4.69) is 25.6 Å². The number of thioether (sulfide) groups is 1. The van der Waals surface area contributed by atoms with E-state index in [0.29, 0.717) is 23.5 Å². The molecule has 5 rings (SSSR count). The van der Waals surface area contributed by atoms with Gasteiger partial charge in [-0.15, -0.1) is 10.2 Å². The Labute approximate surface area is 171 Å². The van der Waals surface area contributed by atoms with Crippen molar-refractivity contribution in [1.82, 2.24) is 25.6 Å². The maximum atomic E-state index is 12.3. The van der Waals surface area contributed by atoms with Crippen LogP contribution in [-0.2, 0) is 9.59 Å². The van der Waals surface area contributed by atoms with Gasteiger partial charge in [-0.25, -0.2) is 0 Å². The summed E-state index contributed by atoms with van der Waals surface area (Å²) in [6, 6.07) is 7.61. The molecule has 1 aromatic heterocycles. The van der Waals surface area contributed by atoms with Crippen LogP contribution in [0.5, 0.6) is 11.5 Å². The number of para-hydroxylation sites is 2. The number of hydrazine groups is 1. The molecule has 0 unspecified atom stereocenters.